The molecule has 0 unspecified atom stereocenters. The summed E-state index contributed by atoms with van der Waals surface area (Å²) >= 11 is 20.3. The predicted octanol–water partition coefficient (Wildman–Crippen LogP) is 12.6. The van der Waals surface area contributed by atoms with Crippen LogP contribution in [0.2, 0.25) is 0 Å². The van der Waals surface area contributed by atoms with Crippen LogP contribution < -0.4 is 69.3 Å². The number of methoxy groups -OCH3 is 2. The summed E-state index contributed by atoms with van der Waals surface area (Å²) in [5, 5.41) is 7.75. The molecule has 11 heteroatoms. The summed E-state index contributed by atoms with van der Waals surface area (Å²) < 4.78 is 12.8. The van der Waals surface area contributed by atoms with Crippen LogP contribution in [0.3, 0.4) is 0 Å². The molecule has 0 atom stereocenters. The van der Waals surface area contributed by atoms with E-state index in [0.29, 0.717) is 0 Å². The molecule has 0 amide bonds. The smallest absolute Gasteiger partial charge is 0.497 e. The van der Waals surface area contributed by atoms with Crippen molar-refractivity contribution in [2.24, 2.45) is 0 Å². The maximum absolute atomic E-state index is 6.49. The average molecular weight is 1230 g/mol. The van der Waals surface area contributed by atoms with Crippen LogP contribution in [0, 0.1) is 6.92 Å². The molecular formula is C68H63Br2Cl2LiN2O2Si2. The number of halogens is 4. The number of hydrogen-bond acceptors (Lipinski definition) is 4. The summed E-state index contributed by atoms with van der Waals surface area (Å²) in [4.78, 5) is 4.78. The van der Waals surface area contributed by atoms with Gasteiger partial charge in [0, 0.05) is 33.4 Å². The van der Waals surface area contributed by atoms with E-state index in [2.05, 4.69) is 225 Å². The fourth-order valence-corrected chi connectivity index (χ4v) is 18.8. The first kappa shape index (κ1) is 60.6. The van der Waals surface area contributed by atoms with Gasteiger partial charge < -0.3 is 26.2 Å². The third-order valence-electron chi connectivity index (χ3n) is 13.5. The van der Waals surface area contributed by atoms with Gasteiger partial charge in [-0.2, -0.15) is 6.42 Å². The fraction of sp³-hybridized carbons (Fsp3) is 0.103. The van der Waals surface area contributed by atoms with Crippen LogP contribution in [0.1, 0.15) is 30.9 Å². The minimum Gasteiger partial charge on any atom is -0.497 e. The molecule has 10 aromatic carbocycles. The van der Waals surface area contributed by atoms with E-state index in [4.69, 9.17) is 31.6 Å². The average Bonchev–Trinajstić information content (AvgIpc) is 3.63. The standard InChI is InChI=1S/C32H27NOSi.C20H17Br2NO.C12H10Cl2Si.C4H9.Li/c1-34-26-22-20-25(21-23-26)24-33-29-16-8-10-18-31(29)35(27-12-4-2-5-13-27,28-14-6-3-7-15-28)32-19-11-9-17-30(32)33;1-24-16-12-10-15(11-13-16)14-23(19-8-4-2-6-17(19)21)20-9-5-3-7-18(20)22;13-15(14,11-7-3-1-4-8-11)12-9-5-2-6-10-12;1-3-4-2;/h2-23H,24H2,1H3;2-13H,14H2,1H3;1-10H;1,3-4H2,2H3;/q;;;-1;+1. The third-order valence-corrected chi connectivity index (χ3v) is 24.5. The fourth-order valence-electron chi connectivity index (χ4n) is 9.59. The number of hydrogen-bond donors (Lipinski definition) is 0. The molecule has 79 heavy (non-hydrogen) atoms. The van der Waals surface area contributed by atoms with Crippen LogP contribution >= 0.6 is 54.0 Å². The molecule has 1 heterocycles. The van der Waals surface area contributed by atoms with Gasteiger partial charge in [-0.05, 0) is 135 Å². The Bertz CT molecular complexity index is 3240. The Morgan fingerprint density at radius 2 is 0.810 bits per heavy atom. The van der Waals surface area contributed by atoms with Gasteiger partial charge in [0.15, 0.2) is 8.07 Å². The van der Waals surface area contributed by atoms with Crippen molar-refractivity contribution in [1.29, 1.82) is 0 Å². The summed E-state index contributed by atoms with van der Waals surface area (Å²) in [7, 11) is 0.884. The first-order valence-electron chi connectivity index (χ1n) is 26.0. The largest absolute Gasteiger partial charge is 1.00 e. The third kappa shape index (κ3) is 14.7. The number of benzene rings is 10. The van der Waals surface area contributed by atoms with Crippen LogP contribution in [0.25, 0.3) is 0 Å². The number of anilines is 4. The van der Waals surface area contributed by atoms with Crippen molar-refractivity contribution < 1.29 is 28.3 Å². The molecule has 394 valence electrons. The minimum atomic E-state index is -2.51. The Morgan fingerprint density at radius 3 is 1.19 bits per heavy atom. The van der Waals surface area contributed by atoms with Gasteiger partial charge in [-0.25, -0.2) is 0 Å². The number of fused-ring (bicyclic) bond motifs is 2. The molecule has 0 fully saturated rings. The van der Waals surface area contributed by atoms with E-state index in [-0.39, 0.29) is 18.9 Å². The van der Waals surface area contributed by atoms with Crippen molar-refractivity contribution in [3.63, 3.8) is 0 Å². The predicted molar refractivity (Wildman–Crippen MR) is 346 cm³/mol. The van der Waals surface area contributed by atoms with Crippen molar-refractivity contribution in [2.75, 3.05) is 24.0 Å². The van der Waals surface area contributed by atoms with Crippen LogP contribution in [0.15, 0.2) is 276 Å². The molecule has 0 aliphatic carbocycles. The molecule has 0 radical (unpaired) electrons. The summed E-state index contributed by atoms with van der Waals surface area (Å²) in [6.07, 6.45) is 2.28. The first-order valence-corrected chi connectivity index (χ1v) is 33.6. The second-order valence-corrected chi connectivity index (χ2v) is 30.2. The molecule has 0 aromatic heterocycles. The molecule has 0 spiro atoms. The van der Waals surface area contributed by atoms with E-state index in [1.165, 1.54) is 49.7 Å². The van der Waals surface area contributed by atoms with Gasteiger partial charge >= 0.3 is 25.6 Å². The van der Waals surface area contributed by atoms with Gasteiger partial charge in [0.2, 0.25) is 0 Å². The first-order chi connectivity index (χ1) is 38.1. The Morgan fingerprint density at radius 1 is 0.468 bits per heavy atom. The monoisotopic (exact) mass is 1230 g/mol. The number of unbranched alkanes of at least 4 members (excludes halogenated alkanes) is 1. The van der Waals surface area contributed by atoms with E-state index < -0.39 is 14.8 Å². The molecule has 0 bridgehead atoms. The molecule has 0 saturated heterocycles. The number of para-hydroxylation sites is 4. The van der Waals surface area contributed by atoms with Crippen LogP contribution in [0.5, 0.6) is 11.5 Å². The second kappa shape index (κ2) is 30.0. The Kier molecular flexibility index (Phi) is 23.0. The van der Waals surface area contributed by atoms with Crippen molar-refractivity contribution in [1.82, 2.24) is 0 Å². The summed E-state index contributed by atoms with van der Waals surface area (Å²) in [5.41, 5.74) is 7.30. The minimum absolute atomic E-state index is 0. The molecule has 0 saturated carbocycles. The van der Waals surface area contributed by atoms with Gasteiger partial charge in [0.05, 0.1) is 25.6 Å². The molecule has 4 nitrogen and oxygen atoms in total. The van der Waals surface area contributed by atoms with Crippen molar-refractivity contribution in [2.45, 2.75) is 32.9 Å². The van der Waals surface area contributed by atoms with Gasteiger partial charge in [-0.3, -0.25) is 0 Å². The summed E-state index contributed by atoms with van der Waals surface area (Å²) in [6.45, 7) is 4.77. The van der Waals surface area contributed by atoms with Crippen molar-refractivity contribution in [3.8, 4) is 11.5 Å². The topological polar surface area (TPSA) is 24.9 Å². The number of rotatable bonds is 13. The van der Waals surface area contributed by atoms with E-state index in [1.807, 2.05) is 97.1 Å². The molecule has 1 aliphatic heterocycles. The van der Waals surface area contributed by atoms with E-state index in [9.17, 15) is 0 Å². The van der Waals surface area contributed by atoms with Gasteiger partial charge in [-0.1, -0.05) is 220 Å². The second-order valence-electron chi connectivity index (χ2n) is 18.4. The van der Waals surface area contributed by atoms with E-state index in [1.54, 1.807) is 14.2 Å². The molecule has 0 N–H and O–H groups in total. The van der Waals surface area contributed by atoms with Crippen molar-refractivity contribution >= 4 is 123 Å². The normalized spacial score (nSPS) is 11.7. The van der Waals surface area contributed by atoms with Crippen LogP contribution in [-0.4, -0.2) is 29.0 Å². The quantitative estimate of drug-likeness (QED) is 0.0653. The number of nitrogens with zero attached hydrogens (tertiary/aromatic N) is 2. The summed E-state index contributed by atoms with van der Waals surface area (Å²) in [6, 6.07) is 93.2. The summed E-state index contributed by atoms with van der Waals surface area (Å²) in [5.74, 6) is 1.75. The molecule has 11 rings (SSSR count). The zero-order chi connectivity index (χ0) is 54.7. The Labute approximate surface area is 508 Å². The zero-order valence-electron chi connectivity index (χ0n) is 45.2. The molecule has 10 aromatic rings. The zero-order valence-corrected chi connectivity index (χ0v) is 51.8. The van der Waals surface area contributed by atoms with E-state index in [0.717, 1.165) is 61.7 Å². The number of ether oxygens (including phenoxy) is 2. The van der Waals surface area contributed by atoms with Gasteiger partial charge in [0.25, 0.3) is 0 Å². The SMILES string of the molecule is COc1ccc(CN(c2ccccc2Br)c2ccccc2Br)cc1.COc1ccc(CN2c3ccccc3[Si](c3ccccc3)(c3ccccc3)c3ccccc32)cc1.Cl[Si](Cl)(c1ccccc1)c1ccccc1.[CH2-]CCC.[Li+]. The van der Waals surface area contributed by atoms with Gasteiger partial charge in [-0.15, -0.1) is 22.2 Å². The van der Waals surface area contributed by atoms with E-state index >= 15 is 0 Å². The molecule has 1 aliphatic rings. The van der Waals surface area contributed by atoms with Gasteiger partial charge in [0.1, 0.15) is 11.5 Å². The molecular weight excluding hydrogens is 1170 g/mol. The Balaban J connectivity index is 0.000000178. The van der Waals surface area contributed by atoms with Crippen molar-refractivity contribution in [3.05, 3.63) is 294 Å². The maximum atomic E-state index is 6.49. The van der Waals surface area contributed by atoms with Crippen LogP contribution in [0.4, 0.5) is 22.7 Å². The maximum Gasteiger partial charge on any atom is 1.00 e. The Hall–Kier alpha value is -6.03. The van der Waals surface area contributed by atoms with Crippen LogP contribution in [-0.2, 0) is 13.1 Å².